The molecule has 7 nitrogen and oxygen atoms in total. The van der Waals surface area contributed by atoms with Crippen LogP contribution in [0.1, 0.15) is 29.8 Å². The number of rotatable bonds is 5. The lowest BCUT2D eigenvalue weighted by atomic mass is 10.1. The van der Waals surface area contributed by atoms with Crippen molar-refractivity contribution in [1.82, 2.24) is 0 Å². The third-order valence-electron chi connectivity index (χ3n) is 3.18. The number of carbonyl (C=O) groups excluding carboxylic acids is 1. The Morgan fingerprint density at radius 3 is 2.31 bits per heavy atom. The van der Waals surface area contributed by atoms with Gasteiger partial charge in [0, 0.05) is 16.6 Å². The standard InChI is InChI=1S/C15H13BrN2O5S.C2H6/c1-9-7-12(15(19)23-2)13(16)8-14(9)17-24(22)11-5-3-10(4-6-11)18(20)21;1-2/h3-8,17H,1-2H3;1-2H3. The van der Waals surface area contributed by atoms with Crippen LogP contribution in [0.15, 0.2) is 45.8 Å². The monoisotopic (exact) mass is 442 g/mol. The van der Waals surface area contributed by atoms with E-state index in [9.17, 15) is 19.1 Å². The summed E-state index contributed by atoms with van der Waals surface area (Å²) < 4.78 is 20.4. The van der Waals surface area contributed by atoms with Crippen molar-refractivity contribution in [3.63, 3.8) is 0 Å². The van der Waals surface area contributed by atoms with E-state index in [1.807, 2.05) is 13.8 Å². The van der Waals surface area contributed by atoms with Crippen molar-refractivity contribution in [3.05, 3.63) is 62.1 Å². The number of hydrogen-bond acceptors (Lipinski definition) is 5. The zero-order chi connectivity index (χ0) is 19.9. The number of nitrogens with zero attached hydrogens (tertiary/aromatic N) is 1. The molecule has 0 radical (unpaired) electrons. The molecule has 0 saturated heterocycles. The van der Waals surface area contributed by atoms with E-state index >= 15 is 0 Å². The van der Waals surface area contributed by atoms with Crippen LogP contribution in [0.25, 0.3) is 0 Å². The molecule has 2 aromatic rings. The molecule has 0 aliphatic heterocycles. The van der Waals surface area contributed by atoms with Crippen LogP contribution in [0.2, 0.25) is 0 Å². The third kappa shape index (κ3) is 5.37. The molecule has 2 rings (SSSR count). The molecular weight excluding hydrogens is 424 g/mol. The van der Waals surface area contributed by atoms with Gasteiger partial charge in [0.25, 0.3) is 5.69 Å². The maximum atomic E-state index is 12.4. The number of aryl methyl sites for hydroxylation is 1. The number of non-ortho nitro benzene ring substituents is 1. The van der Waals surface area contributed by atoms with Gasteiger partial charge < -0.3 is 9.46 Å². The molecule has 9 heteroatoms. The van der Waals surface area contributed by atoms with Crippen LogP contribution in [0, 0.1) is 17.0 Å². The summed E-state index contributed by atoms with van der Waals surface area (Å²) in [5.74, 6) is -0.479. The summed E-state index contributed by atoms with van der Waals surface area (Å²) in [4.78, 5) is 22.2. The highest BCUT2D eigenvalue weighted by atomic mass is 79.9. The third-order valence-corrected chi connectivity index (χ3v) is 4.95. The second-order valence-electron chi connectivity index (χ2n) is 4.76. The average molecular weight is 443 g/mol. The maximum Gasteiger partial charge on any atom is 0.339 e. The second-order valence-corrected chi connectivity index (χ2v) is 6.83. The van der Waals surface area contributed by atoms with Gasteiger partial charge in [0.05, 0.1) is 28.2 Å². The molecule has 0 aliphatic carbocycles. The molecule has 0 fully saturated rings. The topological polar surface area (TPSA) is 98.5 Å². The number of hydrogen-bond donors (Lipinski definition) is 1. The van der Waals surface area contributed by atoms with E-state index in [4.69, 9.17) is 0 Å². The number of nitro benzene ring substituents is 1. The zero-order valence-corrected chi connectivity index (χ0v) is 17.1. The van der Waals surface area contributed by atoms with Crippen molar-refractivity contribution in [1.29, 1.82) is 0 Å². The molecule has 0 aromatic heterocycles. The molecule has 0 saturated carbocycles. The normalized spacial score (nSPS) is 11.0. The number of halogens is 1. The highest BCUT2D eigenvalue weighted by molar-refractivity contribution is 9.10. The van der Waals surface area contributed by atoms with E-state index in [1.165, 1.54) is 31.4 Å². The molecule has 0 bridgehead atoms. The quantitative estimate of drug-likeness (QED) is 0.413. The van der Waals surface area contributed by atoms with Crippen molar-refractivity contribution in [2.45, 2.75) is 25.7 Å². The number of benzene rings is 2. The number of esters is 1. The van der Waals surface area contributed by atoms with Crippen molar-refractivity contribution in [2.75, 3.05) is 11.8 Å². The number of nitro groups is 1. The van der Waals surface area contributed by atoms with E-state index in [0.717, 1.165) is 0 Å². The van der Waals surface area contributed by atoms with Crippen LogP contribution in [0.3, 0.4) is 0 Å². The van der Waals surface area contributed by atoms with Gasteiger partial charge in [0.2, 0.25) is 0 Å². The fourth-order valence-corrected chi connectivity index (χ4v) is 3.33. The number of ether oxygens (including phenoxy) is 1. The van der Waals surface area contributed by atoms with Crippen molar-refractivity contribution in [3.8, 4) is 0 Å². The fourth-order valence-electron chi connectivity index (χ4n) is 1.91. The summed E-state index contributed by atoms with van der Waals surface area (Å²) in [6.07, 6.45) is 0. The lowest BCUT2D eigenvalue weighted by Crippen LogP contribution is -2.08. The molecule has 1 N–H and O–H groups in total. The Labute approximate surface area is 162 Å². The first kappa shape index (κ1) is 21.8. The van der Waals surface area contributed by atoms with E-state index in [-0.39, 0.29) is 5.69 Å². The summed E-state index contributed by atoms with van der Waals surface area (Å²) in [7, 11) is -0.312. The highest BCUT2D eigenvalue weighted by Crippen LogP contribution is 2.27. The first-order valence-electron chi connectivity index (χ1n) is 7.65. The van der Waals surface area contributed by atoms with Gasteiger partial charge in [-0.05, 0) is 52.7 Å². The van der Waals surface area contributed by atoms with Crippen molar-refractivity contribution < 1.29 is 18.7 Å². The molecule has 0 aliphatic rings. The molecule has 140 valence electrons. The lowest BCUT2D eigenvalue weighted by molar-refractivity contribution is -0.384. The van der Waals surface area contributed by atoms with Gasteiger partial charge in [-0.25, -0.2) is 9.00 Å². The molecule has 0 heterocycles. The van der Waals surface area contributed by atoms with Gasteiger partial charge in [-0.2, -0.15) is 0 Å². The van der Waals surface area contributed by atoms with E-state index < -0.39 is 21.9 Å². The highest BCUT2D eigenvalue weighted by Gasteiger charge is 2.15. The number of nitrogens with one attached hydrogen (secondary N) is 1. The Hall–Kier alpha value is -2.26. The smallest absolute Gasteiger partial charge is 0.339 e. The summed E-state index contributed by atoms with van der Waals surface area (Å²) in [5.41, 5.74) is 1.55. The van der Waals surface area contributed by atoms with Gasteiger partial charge >= 0.3 is 5.97 Å². The molecular formula is C17H19BrN2O5S. The average Bonchev–Trinajstić information content (AvgIpc) is 2.65. The van der Waals surface area contributed by atoms with Crippen LogP contribution < -0.4 is 4.72 Å². The van der Waals surface area contributed by atoms with Crippen molar-refractivity contribution in [2.24, 2.45) is 0 Å². The first-order chi connectivity index (χ1) is 12.3. The minimum atomic E-state index is -1.60. The minimum absolute atomic E-state index is 0.0721. The van der Waals surface area contributed by atoms with Gasteiger partial charge in [-0.1, -0.05) is 13.8 Å². The molecule has 1 unspecified atom stereocenters. The predicted octanol–water partition coefficient (Wildman–Crippen LogP) is 4.61. The number of carbonyl (C=O) groups is 1. The van der Waals surface area contributed by atoms with Crippen LogP contribution in [-0.2, 0) is 15.7 Å². The largest absolute Gasteiger partial charge is 0.465 e. The summed E-state index contributed by atoms with van der Waals surface area (Å²) in [5, 5.41) is 10.6. The van der Waals surface area contributed by atoms with Crippen LogP contribution in [0.4, 0.5) is 11.4 Å². The summed E-state index contributed by atoms with van der Waals surface area (Å²) in [6.45, 7) is 5.76. The SMILES string of the molecule is CC.COC(=O)c1cc(C)c(NS(=O)c2ccc([N+](=O)[O-])cc2)cc1Br. The van der Waals surface area contributed by atoms with Gasteiger partial charge in [0.15, 0.2) is 0 Å². The van der Waals surface area contributed by atoms with E-state index in [0.29, 0.717) is 26.2 Å². The van der Waals surface area contributed by atoms with Crippen LogP contribution in [0.5, 0.6) is 0 Å². The number of methoxy groups -OCH3 is 1. The summed E-state index contributed by atoms with van der Waals surface area (Å²) >= 11 is 3.28. The Balaban J connectivity index is 0.00000163. The zero-order valence-electron chi connectivity index (χ0n) is 14.7. The molecule has 1 atom stereocenters. The second kappa shape index (κ2) is 10.0. The lowest BCUT2D eigenvalue weighted by Gasteiger charge is -2.12. The first-order valence-corrected chi connectivity index (χ1v) is 9.59. The Morgan fingerprint density at radius 1 is 1.23 bits per heavy atom. The van der Waals surface area contributed by atoms with E-state index in [1.54, 1.807) is 19.1 Å². The summed E-state index contributed by atoms with van der Waals surface area (Å²) in [6, 6.07) is 8.68. The van der Waals surface area contributed by atoms with Gasteiger partial charge in [0.1, 0.15) is 11.0 Å². The molecule has 2 aromatic carbocycles. The van der Waals surface area contributed by atoms with E-state index in [2.05, 4.69) is 25.4 Å². The van der Waals surface area contributed by atoms with Crippen LogP contribution in [-0.4, -0.2) is 22.2 Å². The Morgan fingerprint density at radius 2 is 1.81 bits per heavy atom. The van der Waals surface area contributed by atoms with Crippen molar-refractivity contribution >= 4 is 44.3 Å². The molecule has 0 amide bonds. The van der Waals surface area contributed by atoms with Gasteiger partial charge in [-0.3, -0.25) is 10.1 Å². The maximum absolute atomic E-state index is 12.4. The minimum Gasteiger partial charge on any atom is -0.465 e. The Kier molecular flexibility index (Phi) is 8.40. The molecule has 0 spiro atoms. The van der Waals surface area contributed by atoms with Crippen LogP contribution >= 0.6 is 15.9 Å². The molecule has 26 heavy (non-hydrogen) atoms. The predicted molar refractivity (Wildman–Crippen MR) is 105 cm³/mol. The fraction of sp³-hybridized carbons (Fsp3) is 0.235. The number of anilines is 1. The van der Waals surface area contributed by atoms with Gasteiger partial charge in [-0.15, -0.1) is 0 Å². The Bertz CT molecular complexity index is 825.